The molecule has 2 heterocycles. The van der Waals surface area contributed by atoms with Gasteiger partial charge in [-0.15, -0.1) is 0 Å². The summed E-state index contributed by atoms with van der Waals surface area (Å²) in [6.45, 7) is 3.73. The van der Waals surface area contributed by atoms with Crippen molar-refractivity contribution in [1.29, 1.82) is 0 Å². The highest BCUT2D eigenvalue weighted by Crippen LogP contribution is 2.22. The molecule has 158 valence electrons. The Kier molecular flexibility index (Phi) is 6.11. The lowest BCUT2D eigenvalue weighted by molar-refractivity contribution is 0.0935. The zero-order valence-corrected chi connectivity index (χ0v) is 19.0. The van der Waals surface area contributed by atoms with Crippen molar-refractivity contribution >= 4 is 32.9 Å². The van der Waals surface area contributed by atoms with Crippen LogP contribution in [0, 0.1) is 5.92 Å². The van der Waals surface area contributed by atoms with Gasteiger partial charge in [-0.3, -0.25) is 18.8 Å². The molecule has 1 N–H and O–H groups in total. The van der Waals surface area contributed by atoms with Crippen molar-refractivity contribution in [2.24, 2.45) is 20.0 Å². The summed E-state index contributed by atoms with van der Waals surface area (Å²) >= 11 is 3.63. The van der Waals surface area contributed by atoms with Gasteiger partial charge in [-0.2, -0.15) is 0 Å². The van der Waals surface area contributed by atoms with Crippen LogP contribution in [0.2, 0.25) is 0 Å². The molecule has 30 heavy (non-hydrogen) atoms. The average molecular weight is 471 g/mol. The van der Waals surface area contributed by atoms with E-state index < -0.39 is 0 Å². The minimum absolute atomic E-state index is 0.0798. The largest absolute Gasteiger partial charge is 0.352 e. The molecule has 3 aromatic rings. The Morgan fingerprint density at radius 1 is 1.07 bits per heavy atom. The van der Waals surface area contributed by atoms with Crippen LogP contribution >= 0.6 is 15.9 Å². The molecule has 1 aliphatic rings. The maximum Gasteiger partial charge on any atom is 0.328 e. The summed E-state index contributed by atoms with van der Waals surface area (Å²) in [7, 11) is 3.47. The molecule has 4 rings (SSSR count). The van der Waals surface area contributed by atoms with Gasteiger partial charge in [0.1, 0.15) is 0 Å². The third-order valence-corrected chi connectivity index (χ3v) is 6.92. The molecule has 0 saturated carbocycles. The first-order chi connectivity index (χ1) is 14.4. The number of aromatic nitrogens is 2. The number of hydrogen-bond donors (Lipinski definition) is 1. The van der Waals surface area contributed by atoms with Gasteiger partial charge in [0.25, 0.3) is 5.91 Å². The lowest BCUT2D eigenvalue weighted by Gasteiger charge is -2.32. The Morgan fingerprint density at radius 2 is 1.77 bits per heavy atom. The SMILES string of the molecule is Cn1c(=O)n(C)c2cc(C(=O)NCC3CCN(Cc4ccccc4Br)CC3)ccc21. The second-order valence-electron chi connectivity index (χ2n) is 8.13. The molecule has 6 nitrogen and oxygen atoms in total. The lowest BCUT2D eigenvalue weighted by atomic mass is 9.96. The van der Waals surface area contributed by atoms with Gasteiger partial charge in [0.05, 0.1) is 11.0 Å². The number of imidazole rings is 1. The first-order valence-electron chi connectivity index (χ1n) is 10.3. The molecular weight excluding hydrogens is 444 g/mol. The van der Waals surface area contributed by atoms with Crippen LogP contribution in [0.5, 0.6) is 0 Å². The summed E-state index contributed by atoms with van der Waals surface area (Å²) in [6, 6.07) is 13.8. The molecule has 1 saturated heterocycles. The number of carbonyl (C=O) groups is 1. The van der Waals surface area contributed by atoms with Crippen molar-refractivity contribution in [2.45, 2.75) is 19.4 Å². The van der Waals surface area contributed by atoms with Crippen molar-refractivity contribution in [3.63, 3.8) is 0 Å². The van der Waals surface area contributed by atoms with Gasteiger partial charge >= 0.3 is 5.69 Å². The van der Waals surface area contributed by atoms with Crippen molar-refractivity contribution in [1.82, 2.24) is 19.4 Å². The molecule has 0 atom stereocenters. The van der Waals surface area contributed by atoms with E-state index >= 15 is 0 Å². The van der Waals surface area contributed by atoms with E-state index in [1.807, 2.05) is 12.1 Å². The summed E-state index contributed by atoms with van der Waals surface area (Å²) in [4.78, 5) is 27.2. The molecule has 1 aromatic heterocycles. The van der Waals surface area contributed by atoms with E-state index in [1.165, 1.54) is 5.56 Å². The highest BCUT2D eigenvalue weighted by atomic mass is 79.9. The zero-order chi connectivity index (χ0) is 21.3. The van der Waals surface area contributed by atoms with Crippen LogP contribution in [0.3, 0.4) is 0 Å². The van der Waals surface area contributed by atoms with Crippen LogP contribution in [-0.4, -0.2) is 39.6 Å². The molecule has 0 unspecified atom stereocenters. The number of nitrogens with one attached hydrogen (secondary N) is 1. The Hall–Kier alpha value is -2.38. The second kappa shape index (κ2) is 8.78. The van der Waals surface area contributed by atoms with Gasteiger partial charge in [0.15, 0.2) is 0 Å². The Balaban J connectivity index is 1.31. The molecule has 0 bridgehead atoms. The highest BCUT2D eigenvalue weighted by molar-refractivity contribution is 9.10. The van der Waals surface area contributed by atoms with Crippen LogP contribution in [0.1, 0.15) is 28.8 Å². The third-order valence-electron chi connectivity index (χ3n) is 6.14. The van der Waals surface area contributed by atoms with Crippen LogP contribution < -0.4 is 11.0 Å². The Bertz CT molecular complexity index is 1130. The zero-order valence-electron chi connectivity index (χ0n) is 17.4. The second-order valence-corrected chi connectivity index (χ2v) is 8.98. The summed E-state index contributed by atoms with van der Waals surface area (Å²) in [5.74, 6) is 0.415. The smallest absolute Gasteiger partial charge is 0.328 e. The Labute approximate surface area is 184 Å². The fraction of sp³-hybridized carbons (Fsp3) is 0.391. The number of aryl methyl sites for hydroxylation is 2. The molecular formula is C23H27BrN4O2. The van der Waals surface area contributed by atoms with E-state index in [1.54, 1.807) is 35.4 Å². The number of nitrogens with zero attached hydrogens (tertiary/aromatic N) is 3. The molecule has 1 amide bonds. The maximum absolute atomic E-state index is 12.7. The van der Waals surface area contributed by atoms with E-state index in [2.05, 4.69) is 44.3 Å². The highest BCUT2D eigenvalue weighted by Gasteiger charge is 2.21. The molecule has 7 heteroatoms. The number of fused-ring (bicyclic) bond motifs is 1. The molecule has 0 radical (unpaired) electrons. The molecule has 0 aliphatic carbocycles. The van der Waals surface area contributed by atoms with Gasteiger partial charge in [-0.05, 0) is 61.7 Å². The molecule has 2 aromatic carbocycles. The molecule has 1 fully saturated rings. The fourth-order valence-corrected chi connectivity index (χ4v) is 4.61. The first-order valence-corrected chi connectivity index (χ1v) is 11.1. The molecule has 0 spiro atoms. The normalized spacial score (nSPS) is 15.6. The standard InChI is InChI=1S/C23H27BrN4O2/c1-26-20-8-7-17(13-21(20)27(2)23(26)30)22(29)25-14-16-9-11-28(12-10-16)15-18-5-3-4-6-19(18)24/h3-8,13,16H,9-12,14-15H2,1-2H3,(H,25,29). The first kappa shape index (κ1) is 20.9. The average Bonchev–Trinajstić information content (AvgIpc) is 2.98. The van der Waals surface area contributed by atoms with E-state index in [0.717, 1.165) is 48.0 Å². The van der Waals surface area contributed by atoms with Gasteiger partial charge in [0, 0.05) is 37.2 Å². The monoisotopic (exact) mass is 470 g/mol. The topological polar surface area (TPSA) is 59.3 Å². The van der Waals surface area contributed by atoms with Crippen LogP contribution in [0.4, 0.5) is 0 Å². The minimum Gasteiger partial charge on any atom is -0.352 e. The van der Waals surface area contributed by atoms with E-state index in [4.69, 9.17) is 0 Å². The van der Waals surface area contributed by atoms with Gasteiger partial charge in [-0.25, -0.2) is 4.79 Å². The minimum atomic E-state index is -0.0862. The van der Waals surface area contributed by atoms with Crippen molar-refractivity contribution in [3.8, 4) is 0 Å². The van der Waals surface area contributed by atoms with Crippen molar-refractivity contribution in [3.05, 3.63) is 68.5 Å². The predicted molar refractivity (Wildman–Crippen MR) is 123 cm³/mol. The fourth-order valence-electron chi connectivity index (χ4n) is 4.20. The van der Waals surface area contributed by atoms with Crippen molar-refractivity contribution < 1.29 is 4.79 Å². The predicted octanol–water partition coefficient (Wildman–Crippen LogP) is 3.28. The quantitative estimate of drug-likeness (QED) is 0.622. The summed E-state index contributed by atoms with van der Waals surface area (Å²) in [6.07, 6.45) is 2.16. The van der Waals surface area contributed by atoms with E-state index in [9.17, 15) is 9.59 Å². The third kappa shape index (κ3) is 4.23. The van der Waals surface area contributed by atoms with Gasteiger partial charge in [-0.1, -0.05) is 34.1 Å². The number of rotatable bonds is 5. The van der Waals surface area contributed by atoms with E-state index in [0.29, 0.717) is 18.0 Å². The number of halogens is 1. The number of likely N-dealkylation sites (tertiary alicyclic amines) is 1. The summed E-state index contributed by atoms with van der Waals surface area (Å²) < 4.78 is 4.33. The number of carbonyl (C=O) groups excluding carboxylic acids is 1. The lowest BCUT2D eigenvalue weighted by Crippen LogP contribution is -2.38. The number of amides is 1. The van der Waals surface area contributed by atoms with Gasteiger partial charge < -0.3 is 5.32 Å². The summed E-state index contributed by atoms with van der Waals surface area (Å²) in [5.41, 5.74) is 3.42. The van der Waals surface area contributed by atoms with Crippen LogP contribution in [0.15, 0.2) is 51.7 Å². The summed E-state index contributed by atoms with van der Waals surface area (Å²) in [5, 5.41) is 3.09. The number of benzene rings is 2. The van der Waals surface area contributed by atoms with Crippen LogP contribution in [-0.2, 0) is 20.6 Å². The maximum atomic E-state index is 12.7. The molecule has 1 aliphatic heterocycles. The van der Waals surface area contributed by atoms with E-state index in [-0.39, 0.29) is 11.6 Å². The number of hydrogen-bond acceptors (Lipinski definition) is 3. The Morgan fingerprint density at radius 3 is 2.50 bits per heavy atom. The van der Waals surface area contributed by atoms with Crippen LogP contribution in [0.25, 0.3) is 11.0 Å². The van der Waals surface area contributed by atoms with Gasteiger partial charge in [0.2, 0.25) is 0 Å². The number of piperidine rings is 1. The van der Waals surface area contributed by atoms with Crippen molar-refractivity contribution in [2.75, 3.05) is 19.6 Å².